The third-order valence-electron chi connectivity index (χ3n) is 2.36. The first-order valence-corrected chi connectivity index (χ1v) is 4.18. The summed E-state index contributed by atoms with van der Waals surface area (Å²) < 4.78 is 5.28. The van der Waals surface area contributed by atoms with Gasteiger partial charge in [-0.05, 0) is 6.07 Å². The number of ether oxygens (including phenoxy) is 1. The molecule has 1 aliphatic heterocycles. The predicted octanol–water partition coefficient (Wildman–Crippen LogP) is 1.64. The first-order chi connectivity index (χ1) is 6.20. The van der Waals surface area contributed by atoms with E-state index in [0.717, 1.165) is 5.56 Å². The van der Waals surface area contributed by atoms with Crippen molar-refractivity contribution in [1.29, 1.82) is 0 Å². The molecule has 1 aliphatic rings. The Morgan fingerprint density at radius 3 is 2.77 bits per heavy atom. The van der Waals surface area contributed by atoms with Gasteiger partial charge in [-0.15, -0.1) is 0 Å². The van der Waals surface area contributed by atoms with Crippen molar-refractivity contribution < 1.29 is 14.6 Å². The third kappa shape index (κ3) is 1.16. The summed E-state index contributed by atoms with van der Waals surface area (Å²) in [4.78, 5) is 10.8. The van der Waals surface area contributed by atoms with E-state index in [2.05, 4.69) is 0 Å². The van der Waals surface area contributed by atoms with E-state index in [1.807, 2.05) is 25.1 Å². The average Bonchev–Trinajstić information content (AvgIpc) is 2.45. The molecular formula is C10H10O3. The van der Waals surface area contributed by atoms with Crippen molar-refractivity contribution >= 4 is 5.97 Å². The van der Waals surface area contributed by atoms with Gasteiger partial charge in [-0.1, -0.05) is 25.1 Å². The Morgan fingerprint density at radius 1 is 1.46 bits per heavy atom. The topological polar surface area (TPSA) is 46.5 Å². The standard InChI is InChI=1S/C10H10O3/c1-6-7-4-2-3-5-8(7)13-9(6)10(11)12/h2-6,9H,1H3,(H,11,12)/t6-,9+/m1/s1. The first kappa shape index (κ1) is 8.10. The molecule has 1 aromatic rings. The summed E-state index contributed by atoms with van der Waals surface area (Å²) in [6.07, 6.45) is -0.725. The van der Waals surface area contributed by atoms with E-state index in [0.29, 0.717) is 5.75 Å². The third-order valence-corrected chi connectivity index (χ3v) is 2.36. The van der Waals surface area contributed by atoms with E-state index in [4.69, 9.17) is 9.84 Å². The van der Waals surface area contributed by atoms with Crippen molar-refractivity contribution in [1.82, 2.24) is 0 Å². The maximum absolute atomic E-state index is 10.8. The largest absolute Gasteiger partial charge is 0.478 e. The van der Waals surface area contributed by atoms with Crippen LogP contribution in [0.4, 0.5) is 0 Å². The zero-order valence-corrected chi connectivity index (χ0v) is 7.23. The molecule has 0 saturated heterocycles. The molecule has 1 aromatic carbocycles. The predicted molar refractivity (Wildman–Crippen MR) is 46.9 cm³/mol. The molecule has 0 unspecified atom stereocenters. The Kier molecular flexibility index (Phi) is 1.72. The van der Waals surface area contributed by atoms with Gasteiger partial charge in [0.2, 0.25) is 6.10 Å². The molecule has 2 atom stereocenters. The molecule has 2 rings (SSSR count). The molecule has 0 radical (unpaired) electrons. The zero-order chi connectivity index (χ0) is 9.42. The average molecular weight is 178 g/mol. The second-order valence-corrected chi connectivity index (χ2v) is 3.20. The quantitative estimate of drug-likeness (QED) is 0.711. The molecule has 0 saturated carbocycles. The Morgan fingerprint density at radius 2 is 2.15 bits per heavy atom. The molecule has 0 aliphatic carbocycles. The van der Waals surface area contributed by atoms with Crippen LogP contribution >= 0.6 is 0 Å². The molecule has 1 N–H and O–H groups in total. The summed E-state index contributed by atoms with van der Waals surface area (Å²) in [5.41, 5.74) is 0.981. The first-order valence-electron chi connectivity index (χ1n) is 4.18. The second-order valence-electron chi connectivity index (χ2n) is 3.20. The molecule has 68 valence electrons. The van der Waals surface area contributed by atoms with Crippen molar-refractivity contribution in [3.63, 3.8) is 0 Å². The summed E-state index contributed by atoms with van der Waals surface area (Å²) in [5, 5.41) is 8.83. The minimum absolute atomic E-state index is 0.0614. The number of carbonyl (C=O) groups is 1. The zero-order valence-electron chi connectivity index (χ0n) is 7.23. The lowest BCUT2D eigenvalue weighted by atomic mass is 9.98. The van der Waals surface area contributed by atoms with Crippen LogP contribution in [0.15, 0.2) is 24.3 Å². The van der Waals surface area contributed by atoms with E-state index in [1.165, 1.54) is 0 Å². The molecule has 3 nitrogen and oxygen atoms in total. The number of hydrogen-bond acceptors (Lipinski definition) is 2. The smallest absolute Gasteiger partial charge is 0.345 e. The van der Waals surface area contributed by atoms with Crippen LogP contribution in [0.1, 0.15) is 18.4 Å². The van der Waals surface area contributed by atoms with Crippen LogP contribution in [0.2, 0.25) is 0 Å². The van der Waals surface area contributed by atoms with Gasteiger partial charge in [0, 0.05) is 11.5 Å². The fraction of sp³-hybridized carbons (Fsp3) is 0.300. The molecule has 0 fully saturated rings. The maximum atomic E-state index is 10.8. The van der Waals surface area contributed by atoms with Crippen LogP contribution in [-0.4, -0.2) is 17.2 Å². The lowest BCUT2D eigenvalue weighted by molar-refractivity contribution is -0.144. The van der Waals surface area contributed by atoms with Crippen LogP contribution in [0.5, 0.6) is 5.75 Å². The molecule has 1 heterocycles. The fourth-order valence-corrected chi connectivity index (χ4v) is 1.63. The van der Waals surface area contributed by atoms with E-state index < -0.39 is 12.1 Å². The van der Waals surface area contributed by atoms with Crippen molar-refractivity contribution in [2.24, 2.45) is 0 Å². The van der Waals surface area contributed by atoms with Gasteiger partial charge < -0.3 is 9.84 Å². The van der Waals surface area contributed by atoms with Crippen molar-refractivity contribution in [2.75, 3.05) is 0 Å². The van der Waals surface area contributed by atoms with Crippen LogP contribution in [0.3, 0.4) is 0 Å². The van der Waals surface area contributed by atoms with Gasteiger partial charge in [0.05, 0.1) is 0 Å². The Hall–Kier alpha value is -1.51. The molecule has 13 heavy (non-hydrogen) atoms. The molecule has 0 amide bonds. The van der Waals surface area contributed by atoms with E-state index in [-0.39, 0.29) is 5.92 Å². The van der Waals surface area contributed by atoms with Gasteiger partial charge in [-0.2, -0.15) is 0 Å². The Bertz CT molecular complexity index is 346. The summed E-state index contributed by atoms with van der Waals surface area (Å²) in [7, 11) is 0. The minimum Gasteiger partial charge on any atom is -0.478 e. The van der Waals surface area contributed by atoms with Crippen LogP contribution < -0.4 is 4.74 Å². The SMILES string of the molecule is C[C@@H]1c2ccccc2O[C@@H]1C(=O)O. The molecule has 3 heteroatoms. The minimum atomic E-state index is -0.899. The molecular weight excluding hydrogens is 168 g/mol. The number of para-hydroxylation sites is 1. The van der Waals surface area contributed by atoms with E-state index >= 15 is 0 Å². The number of rotatable bonds is 1. The van der Waals surface area contributed by atoms with Gasteiger partial charge >= 0.3 is 5.97 Å². The summed E-state index contributed by atoms with van der Waals surface area (Å²) in [6.45, 7) is 1.87. The van der Waals surface area contributed by atoms with E-state index in [1.54, 1.807) is 6.07 Å². The number of hydrogen-bond donors (Lipinski definition) is 1. The molecule has 0 spiro atoms. The lowest BCUT2D eigenvalue weighted by Gasteiger charge is -2.08. The highest BCUT2D eigenvalue weighted by atomic mass is 16.5. The molecule has 0 bridgehead atoms. The second kappa shape index (κ2) is 2.76. The van der Waals surface area contributed by atoms with Gasteiger partial charge in [0.1, 0.15) is 5.75 Å². The van der Waals surface area contributed by atoms with Gasteiger partial charge in [0.25, 0.3) is 0 Å². The highest BCUT2D eigenvalue weighted by Crippen LogP contribution is 2.37. The Labute approximate surface area is 76.0 Å². The van der Waals surface area contributed by atoms with Gasteiger partial charge in [-0.3, -0.25) is 0 Å². The van der Waals surface area contributed by atoms with Gasteiger partial charge in [0.15, 0.2) is 0 Å². The lowest BCUT2D eigenvalue weighted by Crippen LogP contribution is -2.27. The highest BCUT2D eigenvalue weighted by molar-refractivity contribution is 5.76. The van der Waals surface area contributed by atoms with Gasteiger partial charge in [-0.25, -0.2) is 4.79 Å². The molecule has 0 aromatic heterocycles. The van der Waals surface area contributed by atoms with Crippen LogP contribution in [0, 0.1) is 0 Å². The maximum Gasteiger partial charge on any atom is 0.345 e. The van der Waals surface area contributed by atoms with Crippen LogP contribution in [0.25, 0.3) is 0 Å². The van der Waals surface area contributed by atoms with Crippen molar-refractivity contribution in [3.05, 3.63) is 29.8 Å². The fourth-order valence-electron chi connectivity index (χ4n) is 1.63. The monoisotopic (exact) mass is 178 g/mol. The number of benzene rings is 1. The summed E-state index contributed by atoms with van der Waals surface area (Å²) in [5.74, 6) is -0.264. The number of carboxylic acid groups (broad SMARTS) is 1. The summed E-state index contributed by atoms with van der Waals surface area (Å²) in [6, 6.07) is 7.44. The van der Waals surface area contributed by atoms with E-state index in [9.17, 15) is 4.79 Å². The number of aliphatic carboxylic acids is 1. The van der Waals surface area contributed by atoms with Crippen molar-refractivity contribution in [3.8, 4) is 5.75 Å². The van der Waals surface area contributed by atoms with Crippen LogP contribution in [-0.2, 0) is 4.79 Å². The number of fused-ring (bicyclic) bond motifs is 1. The Balaban J connectivity index is 2.38. The normalized spacial score (nSPS) is 25.0. The highest BCUT2D eigenvalue weighted by Gasteiger charge is 2.35. The summed E-state index contributed by atoms with van der Waals surface area (Å²) >= 11 is 0. The number of carboxylic acids is 1. The van der Waals surface area contributed by atoms with Crippen molar-refractivity contribution in [2.45, 2.75) is 18.9 Å².